The first kappa shape index (κ1) is 24.7. The minimum absolute atomic E-state index is 0.0664. The Morgan fingerprint density at radius 2 is 1.50 bits per heavy atom. The molecule has 0 saturated heterocycles. The van der Waals surface area contributed by atoms with Gasteiger partial charge < -0.3 is 9.47 Å². The maximum Gasteiger partial charge on any atom is 0.271 e. The van der Waals surface area contributed by atoms with Crippen LogP contribution in [0.3, 0.4) is 0 Å². The van der Waals surface area contributed by atoms with Crippen LogP contribution < -0.4 is 14.9 Å². The van der Waals surface area contributed by atoms with Crippen molar-refractivity contribution in [3.63, 3.8) is 0 Å². The third-order valence-corrected chi connectivity index (χ3v) is 6.00. The molecular formula is C32H25FN2O3. The van der Waals surface area contributed by atoms with Crippen LogP contribution in [-0.2, 0) is 13.2 Å². The Bertz CT molecular complexity index is 1570. The summed E-state index contributed by atoms with van der Waals surface area (Å²) in [6.07, 6.45) is 1.55. The van der Waals surface area contributed by atoms with Crippen molar-refractivity contribution in [2.45, 2.75) is 13.2 Å². The molecule has 38 heavy (non-hydrogen) atoms. The lowest BCUT2D eigenvalue weighted by Gasteiger charge is -2.12. The van der Waals surface area contributed by atoms with E-state index in [1.807, 2.05) is 66.7 Å². The molecule has 0 unspecified atom stereocenters. The fourth-order valence-corrected chi connectivity index (χ4v) is 3.97. The average Bonchev–Trinajstić information content (AvgIpc) is 2.97. The molecule has 0 aromatic heterocycles. The van der Waals surface area contributed by atoms with Crippen molar-refractivity contribution >= 4 is 22.9 Å². The molecule has 5 rings (SSSR count). The topological polar surface area (TPSA) is 59.9 Å². The van der Waals surface area contributed by atoms with Crippen LogP contribution in [0.4, 0.5) is 4.39 Å². The van der Waals surface area contributed by atoms with Crippen LogP contribution >= 0.6 is 0 Å². The number of nitrogens with zero attached hydrogens (tertiary/aromatic N) is 1. The number of hydrogen-bond acceptors (Lipinski definition) is 4. The Morgan fingerprint density at radius 3 is 2.32 bits per heavy atom. The summed E-state index contributed by atoms with van der Waals surface area (Å²) < 4.78 is 25.8. The van der Waals surface area contributed by atoms with E-state index >= 15 is 0 Å². The molecule has 5 aromatic rings. The molecule has 0 saturated carbocycles. The van der Waals surface area contributed by atoms with E-state index in [4.69, 9.17) is 9.47 Å². The first-order chi connectivity index (χ1) is 18.7. The summed E-state index contributed by atoms with van der Waals surface area (Å²) in [6.45, 7) is 0.514. The summed E-state index contributed by atoms with van der Waals surface area (Å²) in [6, 6.07) is 34.8. The molecule has 0 aliphatic carbocycles. The van der Waals surface area contributed by atoms with Crippen LogP contribution in [-0.4, -0.2) is 12.1 Å². The molecule has 0 heterocycles. The highest BCUT2D eigenvalue weighted by molar-refractivity contribution is 6.03. The largest absolute Gasteiger partial charge is 0.489 e. The number of hydrazone groups is 1. The van der Waals surface area contributed by atoms with Gasteiger partial charge in [-0.15, -0.1) is 0 Å². The minimum atomic E-state index is -0.357. The van der Waals surface area contributed by atoms with Gasteiger partial charge in [-0.3, -0.25) is 4.79 Å². The first-order valence-corrected chi connectivity index (χ1v) is 12.2. The highest BCUT2D eigenvalue weighted by Crippen LogP contribution is 2.27. The lowest BCUT2D eigenvalue weighted by atomic mass is 10.0. The lowest BCUT2D eigenvalue weighted by molar-refractivity contribution is 0.0955. The monoisotopic (exact) mass is 504 g/mol. The zero-order chi connectivity index (χ0) is 26.2. The van der Waals surface area contributed by atoms with Gasteiger partial charge in [0.2, 0.25) is 0 Å². The van der Waals surface area contributed by atoms with Gasteiger partial charge in [0.05, 0.1) is 6.21 Å². The summed E-state index contributed by atoms with van der Waals surface area (Å²) in [4.78, 5) is 12.7. The molecule has 6 heteroatoms. The Kier molecular flexibility index (Phi) is 7.70. The lowest BCUT2D eigenvalue weighted by Crippen LogP contribution is -2.17. The summed E-state index contributed by atoms with van der Waals surface area (Å²) in [5.74, 6) is 0.517. The molecule has 0 aliphatic heterocycles. The van der Waals surface area contributed by atoms with Crippen molar-refractivity contribution in [2.75, 3.05) is 0 Å². The summed E-state index contributed by atoms with van der Waals surface area (Å²) >= 11 is 0. The maximum atomic E-state index is 14.1. The predicted octanol–water partition coefficient (Wildman–Crippen LogP) is 6.90. The second-order valence-corrected chi connectivity index (χ2v) is 8.58. The fourth-order valence-electron chi connectivity index (χ4n) is 3.97. The number of amides is 1. The number of carbonyl (C=O) groups excluding carboxylic acids is 1. The average molecular weight is 505 g/mol. The van der Waals surface area contributed by atoms with E-state index in [1.54, 1.807) is 48.7 Å². The second-order valence-electron chi connectivity index (χ2n) is 8.58. The maximum absolute atomic E-state index is 14.1. The fraction of sp³-hybridized carbons (Fsp3) is 0.0625. The van der Waals surface area contributed by atoms with E-state index in [9.17, 15) is 9.18 Å². The van der Waals surface area contributed by atoms with E-state index in [-0.39, 0.29) is 18.3 Å². The van der Waals surface area contributed by atoms with Gasteiger partial charge in [-0.05, 0) is 52.7 Å². The number of ether oxygens (including phenoxy) is 2. The van der Waals surface area contributed by atoms with Crippen LogP contribution in [0.15, 0.2) is 120 Å². The molecule has 0 spiro atoms. The summed E-state index contributed by atoms with van der Waals surface area (Å²) in [5, 5.41) is 6.08. The number of hydrogen-bond donors (Lipinski definition) is 1. The number of fused-ring (bicyclic) bond motifs is 1. The van der Waals surface area contributed by atoms with Gasteiger partial charge in [-0.2, -0.15) is 5.10 Å². The van der Waals surface area contributed by atoms with Crippen molar-refractivity contribution < 1.29 is 18.7 Å². The van der Waals surface area contributed by atoms with Crippen LogP contribution in [0.5, 0.6) is 11.5 Å². The molecule has 1 N–H and O–H groups in total. The third kappa shape index (κ3) is 6.05. The van der Waals surface area contributed by atoms with Crippen LogP contribution in [0.1, 0.15) is 27.0 Å². The van der Waals surface area contributed by atoms with E-state index in [0.717, 1.165) is 16.3 Å². The summed E-state index contributed by atoms with van der Waals surface area (Å²) in [7, 11) is 0. The second kappa shape index (κ2) is 11.8. The highest BCUT2D eigenvalue weighted by atomic mass is 19.1. The SMILES string of the molecule is O=C(N/N=C\c1c(OCc2ccccc2F)ccc2ccccc12)c1ccc(OCc2ccccc2)cc1. The standard InChI is InChI=1S/C32H25FN2O3/c33-30-13-7-5-11-26(30)22-38-31-19-16-24-10-4-6-12-28(24)29(31)20-34-35-32(36)25-14-17-27(18-15-25)37-21-23-8-2-1-3-9-23/h1-20H,21-22H2,(H,35,36)/b34-20-. The smallest absolute Gasteiger partial charge is 0.271 e. The molecule has 188 valence electrons. The van der Waals surface area contributed by atoms with Crippen molar-refractivity contribution in [3.05, 3.63) is 143 Å². The van der Waals surface area contributed by atoms with Crippen LogP contribution in [0.2, 0.25) is 0 Å². The molecule has 1 amide bonds. The number of benzene rings is 5. The zero-order valence-corrected chi connectivity index (χ0v) is 20.5. The van der Waals surface area contributed by atoms with Crippen molar-refractivity contribution in [1.82, 2.24) is 5.43 Å². The van der Waals surface area contributed by atoms with E-state index < -0.39 is 0 Å². The quantitative estimate of drug-likeness (QED) is 0.175. The molecule has 0 fully saturated rings. The third-order valence-electron chi connectivity index (χ3n) is 6.00. The van der Waals surface area contributed by atoms with Gasteiger partial charge in [0.15, 0.2) is 0 Å². The Hall–Kier alpha value is -4.97. The normalized spacial score (nSPS) is 11.0. The van der Waals surface area contributed by atoms with Gasteiger partial charge in [0.1, 0.15) is 30.5 Å². The van der Waals surface area contributed by atoms with E-state index in [0.29, 0.717) is 34.8 Å². The molecule has 0 bridgehead atoms. The number of nitrogens with one attached hydrogen (secondary N) is 1. The first-order valence-electron chi connectivity index (χ1n) is 12.2. The van der Waals surface area contributed by atoms with E-state index in [1.165, 1.54) is 6.07 Å². The van der Waals surface area contributed by atoms with Gasteiger partial charge >= 0.3 is 0 Å². The van der Waals surface area contributed by atoms with Gasteiger partial charge in [0.25, 0.3) is 5.91 Å². The molecule has 0 aliphatic rings. The number of halogens is 1. The Morgan fingerprint density at radius 1 is 0.763 bits per heavy atom. The molecule has 5 aromatic carbocycles. The van der Waals surface area contributed by atoms with Gasteiger partial charge in [0, 0.05) is 16.7 Å². The molecular weight excluding hydrogens is 479 g/mol. The number of rotatable bonds is 9. The van der Waals surface area contributed by atoms with Gasteiger partial charge in [-0.25, -0.2) is 9.82 Å². The van der Waals surface area contributed by atoms with Crippen LogP contribution in [0, 0.1) is 5.82 Å². The summed E-state index contributed by atoms with van der Waals surface area (Å²) in [5.41, 5.74) is 5.22. The molecule has 5 nitrogen and oxygen atoms in total. The Balaban J connectivity index is 1.27. The molecule has 0 atom stereocenters. The van der Waals surface area contributed by atoms with E-state index in [2.05, 4.69) is 10.5 Å². The van der Waals surface area contributed by atoms with Crippen molar-refractivity contribution in [2.24, 2.45) is 5.10 Å². The van der Waals surface area contributed by atoms with Crippen LogP contribution in [0.25, 0.3) is 10.8 Å². The van der Waals surface area contributed by atoms with Gasteiger partial charge in [-0.1, -0.05) is 78.9 Å². The zero-order valence-electron chi connectivity index (χ0n) is 20.5. The Labute approximate surface area is 220 Å². The highest BCUT2D eigenvalue weighted by Gasteiger charge is 2.10. The minimum Gasteiger partial charge on any atom is -0.489 e. The van der Waals surface area contributed by atoms with Crippen molar-refractivity contribution in [1.29, 1.82) is 0 Å². The predicted molar refractivity (Wildman–Crippen MR) is 147 cm³/mol. The number of carbonyl (C=O) groups is 1. The van der Waals surface area contributed by atoms with Crippen molar-refractivity contribution in [3.8, 4) is 11.5 Å². The molecule has 0 radical (unpaired) electrons.